The monoisotopic (exact) mass is 242 g/mol. The number of alkyl halides is 3. The van der Waals surface area contributed by atoms with Gasteiger partial charge in [0.1, 0.15) is 0 Å². The third kappa shape index (κ3) is 190. The Kier molecular flexibility index (Phi) is 12.6. The summed E-state index contributed by atoms with van der Waals surface area (Å²) in [6.45, 7) is 3.62. The summed E-state index contributed by atoms with van der Waals surface area (Å²) in [4.78, 5) is 0. The van der Waals surface area contributed by atoms with Crippen LogP contribution in [0, 0.1) is 5.41 Å². The third-order valence-electron chi connectivity index (χ3n) is 0.401. The van der Waals surface area contributed by atoms with Gasteiger partial charge >= 0.3 is 10.5 Å². The quantitative estimate of drug-likeness (QED) is 0.403. The van der Waals surface area contributed by atoms with E-state index in [-0.39, 0.29) is 12.1 Å². The van der Waals surface area contributed by atoms with Crippen LogP contribution < -0.4 is 0 Å². The standard InChI is InChI=1S/C5H11F.CH2F2.FHO3S/c1-5(2,3)4-6;2-1-3;1-5(2,3)4/h4H2,1-3H3;1H2;(H,2,3,4). The van der Waals surface area contributed by atoms with E-state index in [2.05, 4.69) is 0 Å². The largest absolute Gasteiger partial charge is 0.435 e. The Balaban J connectivity index is -0.000000138. The van der Waals surface area contributed by atoms with Gasteiger partial charge in [0, 0.05) is 0 Å². The van der Waals surface area contributed by atoms with E-state index in [1.807, 2.05) is 20.8 Å². The second-order valence-electron chi connectivity index (χ2n) is 3.21. The number of hydrogen-bond donors (Lipinski definition) is 1. The van der Waals surface area contributed by atoms with Crippen molar-refractivity contribution in [1.29, 1.82) is 0 Å². The van der Waals surface area contributed by atoms with Crippen molar-refractivity contribution in [3.63, 3.8) is 0 Å². The van der Waals surface area contributed by atoms with Gasteiger partial charge in [-0.1, -0.05) is 24.7 Å². The van der Waals surface area contributed by atoms with Crippen LogP contribution in [0.5, 0.6) is 0 Å². The summed E-state index contributed by atoms with van der Waals surface area (Å²) in [5, 5.41) is 0. The van der Waals surface area contributed by atoms with Crippen LogP contribution in [0.4, 0.5) is 17.1 Å². The zero-order chi connectivity index (χ0) is 12.4. The molecule has 0 aromatic rings. The molecule has 0 aromatic heterocycles. The van der Waals surface area contributed by atoms with Gasteiger partial charge in [-0.15, -0.1) is 0 Å². The van der Waals surface area contributed by atoms with E-state index in [1.54, 1.807) is 0 Å². The Morgan fingerprint density at radius 1 is 1.14 bits per heavy atom. The van der Waals surface area contributed by atoms with Crippen molar-refractivity contribution in [3.8, 4) is 0 Å². The van der Waals surface area contributed by atoms with E-state index in [9.17, 15) is 17.1 Å². The molecule has 0 radical (unpaired) electrons. The highest BCUT2D eigenvalue weighted by Crippen LogP contribution is 2.11. The van der Waals surface area contributed by atoms with E-state index in [1.165, 1.54) is 0 Å². The fourth-order valence-electron chi connectivity index (χ4n) is 0. The maximum absolute atomic E-state index is 11.5. The van der Waals surface area contributed by atoms with Crippen molar-refractivity contribution in [2.24, 2.45) is 5.41 Å². The van der Waals surface area contributed by atoms with E-state index in [0.717, 1.165) is 0 Å². The SMILES string of the molecule is CC(C)(C)CF.FCF.O=S(=O)(O)F. The predicted molar refractivity (Wildman–Crippen MR) is 45.2 cm³/mol. The summed E-state index contributed by atoms with van der Waals surface area (Å²) >= 11 is 0. The molecule has 0 aliphatic heterocycles. The summed E-state index contributed by atoms with van der Waals surface area (Å²) in [7, 11) is -5.17. The molecule has 0 atom stereocenters. The van der Waals surface area contributed by atoms with Crippen LogP contribution in [0.25, 0.3) is 0 Å². The Bertz CT molecular complexity index is 190. The van der Waals surface area contributed by atoms with Crippen molar-refractivity contribution in [2.75, 3.05) is 13.6 Å². The zero-order valence-corrected chi connectivity index (χ0v) is 8.91. The first-order valence-corrected chi connectivity index (χ1v) is 4.67. The highest BCUT2D eigenvalue weighted by molar-refractivity contribution is 7.80. The van der Waals surface area contributed by atoms with Gasteiger partial charge < -0.3 is 0 Å². The molecule has 0 heterocycles. The van der Waals surface area contributed by atoms with Crippen molar-refractivity contribution >= 4 is 10.5 Å². The van der Waals surface area contributed by atoms with Crippen molar-refractivity contribution < 1.29 is 30.0 Å². The molecular formula is C6H14F4O3S. The maximum atomic E-state index is 11.5. The summed E-state index contributed by atoms with van der Waals surface area (Å²) < 4.78 is 64.8. The molecule has 0 aromatic carbocycles. The number of hydrogen-bond acceptors (Lipinski definition) is 2. The van der Waals surface area contributed by atoms with Gasteiger partial charge in [0.05, 0.1) is 6.67 Å². The lowest BCUT2D eigenvalue weighted by Gasteiger charge is -2.09. The minimum Gasteiger partial charge on any atom is -0.260 e. The molecule has 0 saturated heterocycles. The van der Waals surface area contributed by atoms with Crippen LogP contribution in [-0.4, -0.2) is 26.6 Å². The van der Waals surface area contributed by atoms with E-state index in [0.29, 0.717) is 0 Å². The van der Waals surface area contributed by atoms with Crippen molar-refractivity contribution in [1.82, 2.24) is 0 Å². The Morgan fingerprint density at radius 3 is 1.21 bits per heavy atom. The highest BCUT2D eigenvalue weighted by Gasteiger charge is 2.06. The second kappa shape index (κ2) is 9.20. The van der Waals surface area contributed by atoms with Gasteiger partial charge in [-0.25, -0.2) is 8.78 Å². The minimum atomic E-state index is -5.17. The molecule has 8 heteroatoms. The Labute approximate surface area is 81.2 Å². The molecule has 0 aliphatic carbocycles. The van der Waals surface area contributed by atoms with Gasteiger partial charge in [-0.3, -0.25) is 8.94 Å². The van der Waals surface area contributed by atoms with E-state index in [4.69, 9.17) is 13.0 Å². The van der Waals surface area contributed by atoms with Gasteiger partial charge in [0.2, 0.25) is 6.93 Å². The van der Waals surface area contributed by atoms with Crippen LogP contribution >= 0.6 is 0 Å². The van der Waals surface area contributed by atoms with Crippen LogP contribution in [0.2, 0.25) is 0 Å². The highest BCUT2D eigenvalue weighted by atomic mass is 32.3. The molecule has 0 bridgehead atoms. The molecule has 3 nitrogen and oxygen atoms in total. The zero-order valence-electron chi connectivity index (χ0n) is 8.10. The molecule has 90 valence electrons. The topological polar surface area (TPSA) is 54.4 Å². The van der Waals surface area contributed by atoms with Crippen LogP contribution in [0.3, 0.4) is 0 Å². The number of rotatable bonds is 0. The summed E-state index contributed by atoms with van der Waals surface area (Å²) in [6, 6.07) is 0. The Morgan fingerprint density at radius 2 is 1.21 bits per heavy atom. The van der Waals surface area contributed by atoms with Gasteiger partial charge in [0.15, 0.2) is 0 Å². The second-order valence-corrected chi connectivity index (χ2v) is 4.03. The molecule has 0 fully saturated rings. The van der Waals surface area contributed by atoms with Crippen LogP contribution in [0.1, 0.15) is 20.8 Å². The molecule has 0 amide bonds. The minimum absolute atomic E-state index is 0.125. The van der Waals surface area contributed by atoms with Crippen molar-refractivity contribution in [3.05, 3.63) is 0 Å². The molecular weight excluding hydrogens is 228 g/mol. The lowest BCUT2D eigenvalue weighted by molar-refractivity contribution is 0.285. The first-order valence-electron chi connectivity index (χ1n) is 3.33. The molecule has 0 saturated carbocycles. The smallest absolute Gasteiger partial charge is 0.260 e. The van der Waals surface area contributed by atoms with Crippen molar-refractivity contribution in [2.45, 2.75) is 20.8 Å². The first-order chi connectivity index (χ1) is 5.97. The first kappa shape index (κ1) is 19.2. The van der Waals surface area contributed by atoms with Crippen LogP contribution in [-0.2, 0) is 10.5 Å². The summed E-state index contributed by atoms with van der Waals surface area (Å²) in [5.74, 6) is 0. The Hall–Kier alpha value is -0.370. The molecule has 14 heavy (non-hydrogen) atoms. The van der Waals surface area contributed by atoms with Crippen LogP contribution in [0.15, 0.2) is 0 Å². The predicted octanol–water partition coefficient (Wildman–Crippen LogP) is 2.64. The average Bonchev–Trinajstić information content (AvgIpc) is 1.84. The van der Waals surface area contributed by atoms with E-state index >= 15 is 0 Å². The fraction of sp³-hybridized carbons (Fsp3) is 1.00. The fourth-order valence-corrected chi connectivity index (χ4v) is 0. The molecule has 1 N–H and O–H groups in total. The number of halogens is 4. The summed E-state index contributed by atoms with van der Waals surface area (Å²) in [6.07, 6.45) is 0. The third-order valence-corrected chi connectivity index (χ3v) is 0.401. The maximum Gasteiger partial charge on any atom is 0.435 e. The lowest BCUT2D eigenvalue weighted by atomic mass is 10.00. The molecule has 0 unspecified atom stereocenters. The van der Waals surface area contributed by atoms with Gasteiger partial charge in [-0.2, -0.15) is 8.42 Å². The molecule has 0 aliphatic rings. The molecule has 0 spiro atoms. The molecule has 0 rings (SSSR count). The average molecular weight is 242 g/mol. The summed E-state index contributed by atoms with van der Waals surface area (Å²) in [5.41, 5.74) is -0.125. The van der Waals surface area contributed by atoms with Gasteiger partial charge in [0.25, 0.3) is 0 Å². The van der Waals surface area contributed by atoms with E-state index < -0.39 is 17.4 Å². The lowest BCUT2D eigenvalue weighted by Crippen LogP contribution is -2.05. The van der Waals surface area contributed by atoms with Gasteiger partial charge in [-0.05, 0) is 5.41 Å². The normalized spacial score (nSPS) is 10.6.